The van der Waals surface area contributed by atoms with Gasteiger partial charge in [0.05, 0.1) is 6.61 Å². The van der Waals surface area contributed by atoms with Crippen molar-refractivity contribution in [3.63, 3.8) is 0 Å². The van der Waals surface area contributed by atoms with Crippen molar-refractivity contribution in [2.75, 3.05) is 6.61 Å². The second-order valence-electron chi connectivity index (χ2n) is 4.05. The topological polar surface area (TPSA) is 55.4 Å². The van der Waals surface area contributed by atoms with Crippen LogP contribution in [0.25, 0.3) is 0 Å². The molecule has 0 radical (unpaired) electrons. The summed E-state index contributed by atoms with van der Waals surface area (Å²) in [7, 11) is 0. The summed E-state index contributed by atoms with van der Waals surface area (Å²) in [5, 5.41) is 2.67. The van der Waals surface area contributed by atoms with E-state index in [1.54, 1.807) is 6.07 Å². The highest BCUT2D eigenvalue weighted by Gasteiger charge is 2.29. The SMILES string of the molecule is CCCOC(=O)C1Cc2ccccc2C(=O)N1. The predicted octanol–water partition coefficient (Wildman–Crippen LogP) is 1.29. The fraction of sp³-hybridized carbons (Fsp3) is 0.385. The van der Waals surface area contributed by atoms with Crippen LogP contribution in [0, 0.1) is 0 Å². The van der Waals surface area contributed by atoms with Crippen LogP contribution in [0.4, 0.5) is 0 Å². The molecule has 1 aromatic carbocycles. The molecule has 0 spiro atoms. The molecule has 1 aromatic rings. The van der Waals surface area contributed by atoms with E-state index < -0.39 is 6.04 Å². The van der Waals surface area contributed by atoms with Gasteiger partial charge in [0.25, 0.3) is 5.91 Å². The molecule has 1 atom stereocenters. The van der Waals surface area contributed by atoms with Gasteiger partial charge in [-0.05, 0) is 18.1 Å². The van der Waals surface area contributed by atoms with Crippen LogP contribution in [0.3, 0.4) is 0 Å². The highest BCUT2D eigenvalue weighted by atomic mass is 16.5. The molecule has 0 bridgehead atoms. The van der Waals surface area contributed by atoms with Crippen molar-refractivity contribution in [2.45, 2.75) is 25.8 Å². The summed E-state index contributed by atoms with van der Waals surface area (Å²) in [5.74, 6) is -0.556. The number of carbonyl (C=O) groups is 2. The number of esters is 1. The Morgan fingerprint density at radius 3 is 3.00 bits per heavy atom. The molecule has 1 aliphatic heterocycles. The standard InChI is InChI=1S/C13H15NO3/c1-2-7-17-13(16)11-8-9-5-3-4-6-10(9)12(15)14-11/h3-6,11H,2,7-8H2,1H3,(H,14,15). The van der Waals surface area contributed by atoms with E-state index >= 15 is 0 Å². The van der Waals surface area contributed by atoms with E-state index in [2.05, 4.69) is 5.32 Å². The molecule has 0 fully saturated rings. The maximum Gasteiger partial charge on any atom is 0.328 e. The molecule has 1 N–H and O–H groups in total. The van der Waals surface area contributed by atoms with Crippen molar-refractivity contribution >= 4 is 11.9 Å². The van der Waals surface area contributed by atoms with Crippen LogP contribution in [-0.4, -0.2) is 24.5 Å². The molecule has 1 heterocycles. The second-order valence-corrected chi connectivity index (χ2v) is 4.05. The first-order valence-corrected chi connectivity index (χ1v) is 5.77. The first-order valence-electron chi connectivity index (χ1n) is 5.77. The zero-order valence-corrected chi connectivity index (χ0v) is 9.73. The number of rotatable bonds is 3. The molecule has 0 aliphatic carbocycles. The van der Waals surface area contributed by atoms with Gasteiger partial charge in [-0.1, -0.05) is 25.1 Å². The van der Waals surface area contributed by atoms with E-state index in [1.807, 2.05) is 25.1 Å². The molecule has 0 saturated heterocycles. The van der Waals surface area contributed by atoms with Crippen LogP contribution in [0.15, 0.2) is 24.3 Å². The fourth-order valence-electron chi connectivity index (χ4n) is 1.87. The number of fused-ring (bicyclic) bond motifs is 1. The van der Waals surface area contributed by atoms with Crippen molar-refractivity contribution in [2.24, 2.45) is 0 Å². The van der Waals surface area contributed by atoms with Crippen LogP contribution >= 0.6 is 0 Å². The van der Waals surface area contributed by atoms with Gasteiger partial charge in [-0.3, -0.25) is 4.79 Å². The summed E-state index contributed by atoms with van der Waals surface area (Å²) in [6.07, 6.45) is 1.29. The quantitative estimate of drug-likeness (QED) is 0.800. The molecule has 1 amide bonds. The highest BCUT2D eigenvalue weighted by Crippen LogP contribution is 2.16. The van der Waals surface area contributed by atoms with Gasteiger partial charge in [-0.25, -0.2) is 4.79 Å². The third kappa shape index (κ3) is 2.46. The molecular formula is C13H15NO3. The summed E-state index contributed by atoms with van der Waals surface area (Å²) in [5.41, 5.74) is 1.54. The average molecular weight is 233 g/mol. The van der Waals surface area contributed by atoms with Gasteiger partial charge in [0.1, 0.15) is 6.04 Å². The fourth-order valence-corrected chi connectivity index (χ4v) is 1.87. The molecule has 17 heavy (non-hydrogen) atoms. The van der Waals surface area contributed by atoms with Gasteiger partial charge in [-0.15, -0.1) is 0 Å². The molecule has 4 nitrogen and oxygen atoms in total. The van der Waals surface area contributed by atoms with Crippen molar-refractivity contribution in [3.8, 4) is 0 Å². The van der Waals surface area contributed by atoms with Crippen LogP contribution < -0.4 is 5.32 Å². The lowest BCUT2D eigenvalue weighted by Gasteiger charge is -2.23. The lowest BCUT2D eigenvalue weighted by Crippen LogP contribution is -2.47. The first kappa shape index (κ1) is 11.6. The molecule has 90 valence electrons. The first-order chi connectivity index (χ1) is 8.22. The lowest BCUT2D eigenvalue weighted by atomic mass is 9.95. The van der Waals surface area contributed by atoms with E-state index in [0.29, 0.717) is 18.6 Å². The lowest BCUT2D eigenvalue weighted by molar-refractivity contribution is -0.146. The maximum absolute atomic E-state index is 11.8. The number of ether oxygens (including phenoxy) is 1. The average Bonchev–Trinajstić information content (AvgIpc) is 2.36. The van der Waals surface area contributed by atoms with Gasteiger partial charge >= 0.3 is 5.97 Å². The number of benzene rings is 1. The monoisotopic (exact) mass is 233 g/mol. The van der Waals surface area contributed by atoms with Crippen molar-refractivity contribution in [1.29, 1.82) is 0 Å². The number of hydrogen-bond donors (Lipinski definition) is 1. The van der Waals surface area contributed by atoms with Crippen LogP contribution in [0.1, 0.15) is 29.3 Å². The summed E-state index contributed by atoms with van der Waals surface area (Å²) in [6, 6.07) is 6.76. The Balaban J connectivity index is 2.11. The molecule has 0 aromatic heterocycles. The summed E-state index contributed by atoms with van der Waals surface area (Å²) < 4.78 is 5.04. The van der Waals surface area contributed by atoms with E-state index in [4.69, 9.17) is 4.74 Å². The Bertz CT molecular complexity index is 442. The minimum Gasteiger partial charge on any atom is -0.464 e. The number of carbonyl (C=O) groups excluding carboxylic acids is 2. The third-order valence-corrected chi connectivity index (χ3v) is 2.72. The van der Waals surface area contributed by atoms with Gasteiger partial charge in [0.15, 0.2) is 0 Å². The summed E-state index contributed by atoms with van der Waals surface area (Å²) in [6.45, 7) is 2.33. The number of hydrogen-bond acceptors (Lipinski definition) is 3. The maximum atomic E-state index is 11.8. The van der Waals surface area contributed by atoms with Crippen LogP contribution in [0.5, 0.6) is 0 Å². The molecule has 1 unspecified atom stereocenters. The Hall–Kier alpha value is -1.84. The predicted molar refractivity (Wildman–Crippen MR) is 62.7 cm³/mol. The van der Waals surface area contributed by atoms with Crippen molar-refractivity contribution in [1.82, 2.24) is 5.32 Å². The largest absolute Gasteiger partial charge is 0.464 e. The molecule has 0 saturated carbocycles. The normalized spacial score (nSPS) is 18.2. The minimum absolute atomic E-state index is 0.203. The molecule has 2 rings (SSSR count). The van der Waals surface area contributed by atoms with E-state index in [1.165, 1.54) is 0 Å². The molecule has 1 aliphatic rings. The minimum atomic E-state index is -0.552. The van der Waals surface area contributed by atoms with Gasteiger partial charge < -0.3 is 10.1 Å². The van der Waals surface area contributed by atoms with Crippen LogP contribution in [0.2, 0.25) is 0 Å². The number of amides is 1. The Labute approximate surface area is 100.0 Å². The van der Waals surface area contributed by atoms with Crippen molar-refractivity contribution < 1.29 is 14.3 Å². The van der Waals surface area contributed by atoms with Crippen molar-refractivity contribution in [3.05, 3.63) is 35.4 Å². The Kier molecular flexibility index (Phi) is 3.42. The second kappa shape index (κ2) is 4.99. The third-order valence-electron chi connectivity index (χ3n) is 2.72. The van der Waals surface area contributed by atoms with E-state index in [9.17, 15) is 9.59 Å². The van der Waals surface area contributed by atoms with E-state index in [-0.39, 0.29) is 11.9 Å². The smallest absolute Gasteiger partial charge is 0.328 e. The molecule has 4 heteroatoms. The van der Waals surface area contributed by atoms with Gasteiger partial charge in [-0.2, -0.15) is 0 Å². The Morgan fingerprint density at radius 2 is 2.24 bits per heavy atom. The zero-order chi connectivity index (χ0) is 12.3. The zero-order valence-electron chi connectivity index (χ0n) is 9.73. The van der Waals surface area contributed by atoms with Crippen LogP contribution in [-0.2, 0) is 16.0 Å². The number of nitrogens with one attached hydrogen (secondary N) is 1. The summed E-state index contributed by atoms with van der Waals surface area (Å²) >= 11 is 0. The molecular weight excluding hydrogens is 218 g/mol. The van der Waals surface area contributed by atoms with E-state index in [0.717, 1.165) is 12.0 Å². The summed E-state index contributed by atoms with van der Waals surface area (Å²) in [4.78, 5) is 23.4. The highest BCUT2D eigenvalue weighted by molar-refractivity contribution is 5.99. The Morgan fingerprint density at radius 1 is 1.47 bits per heavy atom. The van der Waals surface area contributed by atoms with Gasteiger partial charge in [0.2, 0.25) is 0 Å². The van der Waals surface area contributed by atoms with Gasteiger partial charge in [0, 0.05) is 12.0 Å².